The number of nitrogens with zero attached hydrogens (tertiary/aromatic N) is 3. The predicted molar refractivity (Wildman–Crippen MR) is 96.6 cm³/mol. The van der Waals surface area contributed by atoms with Gasteiger partial charge in [0, 0.05) is 13.2 Å². The summed E-state index contributed by atoms with van der Waals surface area (Å²) in [7, 11) is 0. The van der Waals surface area contributed by atoms with Gasteiger partial charge in [0.2, 0.25) is 5.13 Å². The Balaban J connectivity index is 1.32. The number of nitrogens with one attached hydrogen (secondary N) is 1. The van der Waals surface area contributed by atoms with Gasteiger partial charge in [-0.25, -0.2) is 4.98 Å². The van der Waals surface area contributed by atoms with Gasteiger partial charge in [0.05, 0.1) is 22.1 Å². The molecule has 23 heavy (non-hydrogen) atoms. The van der Waals surface area contributed by atoms with Gasteiger partial charge in [0.15, 0.2) is 4.34 Å². The first-order valence-corrected chi connectivity index (χ1v) is 10.1. The van der Waals surface area contributed by atoms with Crippen LogP contribution in [0.4, 0.5) is 5.13 Å². The number of para-hydroxylation sites is 1. The predicted octanol–water partition coefficient (Wildman–Crippen LogP) is 4.03. The Hall–Kier alpha value is -1.22. The summed E-state index contributed by atoms with van der Waals surface area (Å²) in [5.41, 5.74) is 1.07. The fourth-order valence-corrected chi connectivity index (χ4v) is 5.17. The lowest BCUT2D eigenvalue weighted by molar-refractivity contribution is 0.120. The standard InChI is InChI=1S/C15H16N4OS3/c1-2-6-12-11(5-1)17-13(22-12)9-21-15-19-18-14(23-15)16-8-10-4-3-7-20-10/h1-2,5-6,10H,3-4,7-9H2,(H,16,18). The van der Waals surface area contributed by atoms with E-state index < -0.39 is 0 Å². The Morgan fingerprint density at radius 2 is 2.22 bits per heavy atom. The third-order valence-corrected chi connectivity index (χ3v) is 6.81. The molecule has 120 valence electrons. The van der Waals surface area contributed by atoms with Crippen molar-refractivity contribution in [2.45, 2.75) is 29.0 Å². The van der Waals surface area contributed by atoms with E-state index >= 15 is 0 Å². The highest BCUT2D eigenvalue weighted by Crippen LogP contribution is 2.31. The first-order chi connectivity index (χ1) is 11.4. The number of anilines is 1. The summed E-state index contributed by atoms with van der Waals surface area (Å²) in [6.07, 6.45) is 2.61. The first-order valence-electron chi connectivity index (χ1n) is 7.53. The number of hydrogen-bond donors (Lipinski definition) is 1. The zero-order valence-electron chi connectivity index (χ0n) is 12.4. The smallest absolute Gasteiger partial charge is 0.206 e. The number of thioether (sulfide) groups is 1. The first kappa shape index (κ1) is 15.3. The minimum absolute atomic E-state index is 0.317. The van der Waals surface area contributed by atoms with Gasteiger partial charge in [0.25, 0.3) is 0 Å². The number of aromatic nitrogens is 3. The summed E-state index contributed by atoms with van der Waals surface area (Å²) >= 11 is 5.03. The summed E-state index contributed by atoms with van der Waals surface area (Å²) < 4.78 is 7.80. The van der Waals surface area contributed by atoms with Crippen molar-refractivity contribution in [2.24, 2.45) is 0 Å². The van der Waals surface area contributed by atoms with E-state index in [4.69, 9.17) is 4.74 Å². The van der Waals surface area contributed by atoms with Crippen LogP contribution in [0.5, 0.6) is 0 Å². The van der Waals surface area contributed by atoms with Gasteiger partial charge in [-0.2, -0.15) is 0 Å². The van der Waals surface area contributed by atoms with Crippen LogP contribution < -0.4 is 5.32 Å². The zero-order valence-corrected chi connectivity index (χ0v) is 14.8. The third kappa shape index (κ3) is 3.82. The van der Waals surface area contributed by atoms with E-state index in [2.05, 4.69) is 32.6 Å². The average molecular weight is 365 g/mol. The molecule has 0 amide bonds. The van der Waals surface area contributed by atoms with E-state index in [1.807, 2.05) is 12.1 Å². The molecule has 1 aliphatic rings. The number of benzene rings is 1. The highest BCUT2D eigenvalue weighted by Gasteiger charge is 2.16. The largest absolute Gasteiger partial charge is 0.376 e. The maximum absolute atomic E-state index is 5.60. The van der Waals surface area contributed by atoms with E-state index in [1.54, 1.807) is 34.4 Å². The van der Waals surface area contributed by atoms with E-state index in [9.17, 15) is 0 Å². The second-order valence-corrected chi connectivity index (χ2v) is 8.57. The van der Waals surface area contributed by atoms with Gasteiger partial charge in [-0.1, -0.05) is 35.2 Å². The van der Waals surface area contributed by atoms with E-state index in [-0.39, 0.29) is 0 Å². The molecule has 2 aromatic heterocycles. The molecule has 0 aliphatic carbocycles. The van der Waals surface area contributed by atoms with Crippen molar-refractivity contribution in [1.29, 1.82) is 0 Å². The minimum Gasteiger partial charge on any atom is -0.376 e. The summed E-state index contributed by atoms with van der Waals surface area (Å²) in [6, 6.07) is 8.24. The number of rotatable bonds is 6. The van der Waals surface area contributed by atoms with Gasteiger partial charge in [-0.05, 0) is 25.0 Å². The number of hydrogen-bond acceptors (Lipinski definition) is 8. The molecule has 3 aromatic rings. The molecule has 4 rings (SSSR count). The summed E-state index contributed by atoms with van der Waals surface area (Å²) in [5.74, 6) is 0.833. The Morgan fingerprint density at radius 1 is 1.26 bits per heavy atom. The van der Waals surface area contributed by atoms with Crippen molar-refractivity contribution < 1.29 is 4.74 Å². The fraction of sp³-hybridized carbons (Fsp3) is 0.400. The molecular formula is C15H16N4OS3. The Labute approximate surface area is 146 Å². The van der Waals surface area contributed by atoms with Gasteiger partial charge in [0.1, 0.15) is 5.01 Å². The topological polar surface area (TPSA) is 59.9 Å². The minimum atomic E-state index is 0.317. The SMILES string of the molecule is c1ccc2sc(CSc3nnc(NCC4CCCO4)s3)nc2c1. The van der Waals surface area contributed by atoms with Gasteiger partial charge in [-0.3, -0.25) is 0 Å². The van der Waals surface area contributed by atoms with Gasteiger partial charge in [-0.15, -0.1) is 21.5 Å². The molecule has 0 bridgehead atoms. The van der Waals surface area contributed by atoms with Crippen molar-refractivity contribution in [3.8, 4) is 0 Å². The van der Waals surface area contributed by atoms with Crippen molar-refractivity contribution in [3.63, 3.8) is 0 Å². The molecular weight excluding hydrogens is 348 g/mol. The second kappa shape index (κ2) is 7.12. The van der Waals surface area contributed by atoms with Crippen molar-refractivity contribution in [1.82, 2.24) is 15.2 Å². The molecule has 1 saturated heterocycles. The van der Waals surface area contributed by atoms with Crippen LogP contribution in [0.1, 0.15) is 17.8 Å². The molecule has 0 saturated carbocycles. The molecule has 3 heterocycles. The van der Waals surface area contributed by atoms with Crippen LogP contribution in [0, 0.1) is 0 Å². The Kier molecular flexibility index (Phi) is 4.74. The fourth-order valence-electron chi connectivity index (χ4n) is 2.45. The second-order valence-electron chi connectivity index (χ2n) is 5.25. The van der Waals surface area contributed by atoms with Crippen molar-refractivity contribution in [3.05, 3.63) is 29.3 Å². The quantitative estimate of drug-likeness (QED) is 0.666. The lowest BCUT2D eigenvalue weighted by Gasteiger charge is -2.08. The molecule has 1 atom stereocenters. The van der Waals surface area contributed by atoms with Crippen molar-refractivity contribution in [2.75, 3.05) is 18.5 Å². The average Bonchev–Trinajstić information content (AvgIpc) is 3.30. The summed E-state index contributed by atoms with van der Waals surface area (Å²) in [4.78, 5) is 4.65. The molecule has 8 heteroatoms. The maximum atomic E-state index is 5.60. The van der Waals surface area contributed by atoms with Crippen LogP contribution in [0.3, 0.4) is 0 Å². The van der Waals surface area contributed by atoms with Crippen LogP contribution in [0.25, 0.3) is 10.2 Å². The monoisotopic (exact) mass is 364 g/mol. The Morgan fingerprint density at radius 3 is 3.09 bits per heavy atom. The molecule has 0 spiro atoms. The molecule has 1 aromatic carbocycles. The number of fused-ring (bicyclic) bond motifs is 1. The summed E-state index contributed by atoms with van der Waals surface area (Å²) in [6.45, 7) is 1.70. The van der Waals surface area contributed by atoms with E-state index in [0.29, 0.717) is 6.10 Å². The zero-order chi connectivity index (χ0) is 15.5. The van der Waals surface area contributed by atoms with Crippen LogP contribution >= 0.6 is 34.4 Å². The number of thiazole rings is 1. The van der Waals surface area contributed by atoms with E-state index in [1.165, 1.54) is 4.70 Å². The molecule has 1 aliphatic heterocycles. The van der Waals surface area contributed by atoms with Crippen LogP contribution in [-0.2, 0) is 10.5 Å². The summed E-state index contributed by atoms with van der Waals surface area (Å²) in [5, 5.41) is 13.7. The van der Waals surface area contributed by atoms with Crippen LogP contribution in [0.2, 0.25) is 0 Å². The maximum Gasteiger partial charge on any atom is 0.206 e. The normalized spacial score (nSPS) is 17.8. The molecule has 1 unspecified atom stereocenters. The van der Waals surface area contributed by atoms with Gasteiger partial charge >= 0.3 is 0 Å². The number of ether oxygens (including phenoxy) is 1. The highest BCUT2D eigenvalue weighted by molar-refractivity contribution is 8.00. The lowest BCUT2D eigenvalue weighted by Crippen LogP contribution is -2.18. The molecule has 0 radical (unpaired) electrons. The molecule has 1 N–H and O–H groups in total. The van der Waals surface area contributed by atoms with E-state index in [0.717, 1.165) is 51.7 Å². The van der Waals surface area contributed by atoms with Gasteiger partial charge < -0.3 is 10.1 Å². The lowest BCUT2D eigenvalue weighted by atomic mass is 10.2. The third-order valence-electron chi connectivity index (χ3n) is 3.57. The van der Waals surface area contributed by atoms with Crippen LogP contribution in [0.15, 0.2) is 28.6 Å². The molecule has 1 fully saturated rings. The van der Waals surface area contributed by atoms with Crippen LogP contribution in [-0.4, -0.2) is 34.4 Å². The Bertz CT molecular complexity index is 749. The highest BCUT2D eigenvalue weighted by atomic mass is 32.2. The van der Waals surface area contributed by atoms with Crippen molar-refractivity contribution >= 4 is 49.8 Å². The molecule has 5 nitrogen and oxygen atoms in total.